The van der Waals surface area contributed by atoms with Crippen molar-refractivity contribution in [3.8, 4) is 11.1 Å². The summed E-state index contributed by atoms with van der Waals surface area (Å²) in [7, 11) is 0. The van der Waals surface area contributed by atoms with Crippen LogP contribution in [0.15, 0.2) is 67.0 Å². The molecule has 1 N–H and O–H groups in total. The van der Waals surface area contributed by atoms with Crippen molar-refractivity contribution in [2.45, 2.75) is 45.7 Å². The quantitative estimate of drug-likeness (QED) is 0.460. The monoisotopic (exact) mass is 426 g/mol. The molecule has 32 heavy (non-hydrogen) atoms. The van der Waals surface area contributed by atoms with E-state index in [2.05, 4.69) is 69.9 Å². The normalized spacial score (nSPS) is 18.5. The van der Waals surface area contributed by atoms with E-state index in [-0.39, 0.29) is 5.91 Å². The molecule has 0 bridgehead atoms. The number of nitrogens with one attached hydrogen (secondary N) is 1. The number of aromatic nitrogens is 3. The molecule has 5 heteroatoms. The second-order valence-electron chi connectivity index (χ2n) is 9.14. The lowest BCUT2D eigenvalue weighted by Gasteiger charge is -2.21. The average molecular weight is 427 g/mol. The van der Waals surface area contributed by atoms with Crippen LogP contribution in [-0.2, 0) is 17.8 Å². The van der Waals surface area contributed by atoms with Gasteiger partial charge < -0.3 is 9.47 Å². The van der Waals surface area contributed by atoms with E-state index >= 15 is 0 Å². The van der Waals surface area contributed by atoms with Crippen molar-refractivity contribution in [2.75, 3.05) is 6.54 Å². The van der Waals surface area contributed by atoms with Crippen molar-refractivity contribution in [3.63, 3.8) is 0 Å². The lowest BCUT2D eigenvalue weighted by Crippen LogP contribution is -2.34. The Bertz CT molecular complexity index is 1210. The fourth-order valence-electron chi connectivity index (χ4n) is 5.16. The minimum atomic E-state index is 0.280. The third kappa shape index (κ3) is 4.07. The van der Waals surface area contributed by atoms with E-state index in [0.29, 0.717) is 18.4 Å². The number of aromatic amines is 1. The Kier molecular flexibility index (Phi) is 5.56. The van der Waals surface area contributed by atoms with Crippen LogP contribution in [0, 0.1) is 12.8 Å². The van der Waals surface area contributed by atoms with Crippen LogP contribution < -0.4 is 0 Å². The number of fused-ring (bicyclic) bond motifs is 1. The Morgan fingerprint density at radius 3 is 2.75 bits per heavy atom. The molecule has 2 aromatic carbocycles. The minimum absolute atomic E-state index is 0.280. The van der Waals surface area contributed by atoms with E-state index < -0.39 is 0 Å². The van der Waals surface area contributed by atoms with Crippen LogP contribution in [-0.4, -0.2) is 38.2 Å². The Morgan fingerprint density at radius 1 is 1.12 bits per heavy atom. The van der Waals surface area contributed by atoms with E-state index in [9.17, 15) is 4.79 Å². The zero-order valence-electron chi connectivity index (χ0n) is 18.8. The molecule has 1 fully saturated rings. The van der Waals surface area contributed by atoms with Gasteiger partial charge in [0, 0.05) is 53.9 Å². The summed E-state index contributed by atoms with van der Waals surface area (Å²) in [6, 6.07) is 19.5. The van der Waals surface area contributed by atoms with Gasteiger partial charge in [0.25, 0.3) is 0 Å². The van der Waals surface area contributed by atoms with Gasteiger partial charge >= 0.3 is 0 Å². The number of carbonyl (C=O) groups excluding carboxylic acids is 1. The van der Waals surface area contributed by atoms with Crippen molar-refractivity contribution < 1.29 is 4.79 Å². The molecular weight excluding hydrogens is 396 g/mol. The predicted molar refractivity (Wildman–Crippen MR) is 128 cm³/mol. The van der Waals surface area contributed by atoms with Gasteiger partial charge in [-0.05, 0) is 61.9 Å². The molecule has 0 saturated carbocycles. The molecule has 0 aliphatic carbocycles. The molecule has 5 nitrogen and oxygen atoms in total. The smallest absolute Gasteiger partial charge is 0.223 e. The van der Waals surface area contributed by atoms with Gasteiger partial charge in [0.2, 0.25) is 5.91 Å². The van der Waals surface area contributed by atoms with Crippen LogP contribution in [0.2, 0.25) is 0 Å². The zero-order chi connectivity index (χ0) is 22.1. The molecule has 1 amide bonds. The number of rotatable bonds is 6. The van der Waals surface area contributed by atoms with Crippen molar-refractivity contribution in [2.24, 2.45) is 5.92 Å². The topological polar surface area (TPSA) is 53.9 Å². The molecule has 1 aliphatic heterocycles. The summed E-state index contributed by atoms with van der Waals surface area (Å²) in [6.45, 7) is 6.17. The van der Waals surface area contributed by atoms with Gasteiger partial charge in [-0.1, -0.05) is 36.4 Å². The lowest BCUT2D eigenvalue weighted by molar-refractivity contribution is -0.131. The van der Waals surface area contributed by atoms with Crippen LogP contribution in [0.25, 0.3) is 22.0 Å². The number of H-pyrrole nitrogens is 1. The summed E-state index contributed by atoms with van der Waals surface area (Å²) < 4.78 is 2.42. The first-order valence-electron chi connectivity index (χ1n) is 11.5. The van der Waals surface area contributed by atoms with E-state index in [1.54, 1.807) is 0 Å². The largest absolute Gasteiger partial charge is 0.345 e. The van der Waals surface area contributed by atoms with E-state index in [1.807, 2.05) is 30.6 Å². The maximum absolute atomic E-state index is 12.9. The molecule has 2 atom stereocenters. The summed E-state index contributed by atoms with van der Waals surface area (Å²) in [5.41, 5.74) is 6.04. The number of aryl methyl sites for hydroxylation is 2. The highest BCUT2D eigenvalue weighted by Gasteiger charge is 2.32. The maximum Gasteiger partial charge on any atom is 0.223 e. The first-order valence-corrected chi connectivity index (χ1v) is 11.5. The van der Waals surface area contributed by atoms with Gasteiger partial charge in [0.15, 0.2) is 0 Å². The van der Waals surface area contributed by atoms with Crippen molar-refractivity contribution in [1.29, 1.82) is 0 Å². The fraction of sp³-hybridized carbons (Fsp3) is 0.333. The SMILES string of the molecule is Cc1cc2cc(-c3cn[nH]c3)ccc2n1C[C@H]1CC(C)N(C(=O)CCc2ccccc2)C1. The standard InChI is InChI=1S/C27H30N4O/c1-19-12-22(18-31(19)27(32)11-8-21-6-4-3-5-7-21)17-30-20(2)13-24-14-23(9-10-26(24)30)25-15-28-29-16-25/h3-7,9-10,13-16,19,22H,8,11-12,17-18H2,1-2H3,(H,28,29)/t19?,22-/m1/s1. The van der Waals surface area contributed by atoms with Crippen molar-refractivity contribution in [3.05, 3.63) is 78.2 Å². The second-order valence-corrected chi connectivity index (χ2v) is 9.14. The Balaban J connectivity index is 1.27. The number of hydrogen-bond acceptors (Lipinski definition) is 2. The molecule has 164 valence electrons. The molecule has 0 radical (unpaired) electrons. The highest BCUT2D eigenvalue weighted by molar-refractivity contribution is 5.86. The third-order valence-electron chi connectivity index (χ3n) is 6.83. The summed E-state index contributed by atoms with van der Waals surface area (Å²) in [4.78, 5) is 15.0. The van der Waals surface area contributed by atoms with Gasteiger partial charge in [-0.3, -0.25) is 9.89 Å². The van der Waals surface area contributed by atoms with Crippen LogP contribution in [0.3, 0.4) is 0 Å². The maximum atomic E-state index is 12.9. The van der Waals surface area contributed by atoms with Gasteiger partial charge in [0.05, 0.1) is 6.20 Å². The summed E-state index contributed by atoms with van der Waals surface area (Å²) in [6.07, 6.45) is 6.24. The minimum Gasteiger partial charge on any atom is -0.345 e. The number of nitrogens with zero attached hydrogens (tertiary/aromatic N) is 3. The highest BCUT2D eigenvalue weighted by atomic mass is 16.2. The van der Waals surface area contributed by atoms with Gasteiger partial charge in [-0.25, -0.2) is 0 Å². The average Bonchev–Trinajstić information content (AvgIpc) is 3.53. The van der Waals surface area contributed by atoms with Crippen LogP contribution in [0.1, 0.15) is 31.0 Å². The van der Waals surface area contributed by atoms with E-state index in [4.69, 9.17) is 0 Å². The highest BCUT2D eigenvalue weighted by Crippen LogP contribution is 2.30. The molecule has 3 heterocycles. The first-order chi connectivity index (χ1) is 15.6. The molecule has 0 spiro atoms. The van der Waals surface area contributed by atoms with Gasteiger partial charge in [0.1, 0.15) is 0 Å². The van der Waals surface area contributed by atoms with Gasteiger partial charge in [-0.15, -0.1) is 0 Å². The molecule has 1 saturated heterocycles. The molecule has 2 aromatic heterocycles. The third-order valence-corrected chi connectivity index (χ3v) is 6.83. The summed E-state index contributed by atoms with van der Waals surface area (Å²) in [5, 5.41) is 8.21. The zero-order valence-corrected chi connectivity index (χ0v) is 18.8. The number of amides is 1. The van der Waals surface area contributed by atoms with Crippen LogP contribution in [0.5, 0.6) is 0 Å². The predicted octanol–water partition coefficient (Wildman–Crippen LogP) is 5.21. The fourth-order valence-corrected chi connectivity index (χ4v) is 5.16. The number of hydrogen-bond donors (Lipinski definition) is 1. The molecule has 1 unspecified atom stereocenters. The molecular formula is C27H30N4O. The number of benzene rings is 2. The van der Waals surface area contributed by atoms with Crippen molar-refractivity contribution in [1.82, 2.24) is 19.7 Å². The Labute approximate surface area is 189 Å². The van der Waals surface area contributed by atoms with E-state index in [1.165, 1.54) is 27.7 Å². The molecule has 1 aliphatic rings. The summed E-state index contributed by atoms with van der Waals surface area (Å²) >= 11 is 0. The summed E-state index contributed by atoms with van der Waals surface area (Å²) in [5.74, 6) is 0.760. The van der Waals surface area contributed by atoms with Gasteiger partial charge in [-0.2, -0.15) is 5.10 Å². The Morgan fingerprint density at radius 2 is 1.97 bits per heavy atom. The number of carbonyl (C=O) groups is 1. The van der Waals surface area contributed by atoms with Crippen LogP contribution >= 0.6 is 0 Å². The van der Waals surface area contributed by atoms with Crippen LogP contribution in [0.4, 0.5) is 0 Å². The Hall–Kier alpha value is -3.34. The molecule has 5 rings (SSSR count). The molecule has 4 aromatic rings. The van der Waals surface area contributed by atoms with Crippen molar-refractivity contribution >= 4 is 16.8 Å². The van der Waals surface area contributed by atoms with E-state index in [0.717, 1.165) is 31.5 Å². The number of likely N-dealkylation sites (tertiary alicyclic amines) is 1. The lowest BCUT2D eigenvalue weighted by atomic mass is 10.1. The second kappa shape index (κ2) is 8.65. The first kappa shape index (κ1) is 20.6.